The number of carbonyl (C=O) groups excluding carboxylic acids is 1. The summed E-state index contributed by atoms with van der Waals surface area (Å²) in [5.74, 6) is 0.674. The highest BCUT2D eigenvalue weighted by Crippen LogP contribution is 2.23. The van der Waals surface area contributed by atoms with Crippen molar-refractivity contribution in [2.24, 2.45) is 0 Å². The summed E-state index contributed by atoms with van der Waals surface area (Å²) in [5, 5.41) is 11.7. The Kier molecular flexibility index (Phi) is 4.94. The van der Waals surface area contributed by atoms with E-state index in [2.05, 4.69) is 10.3 Å². The van der Waals surface area contributed by atoms with Crippen molar-refractivity contribution in [3.8, 4) is 11.9 Å². The second kappa shape index (κ2) is 6.90. The molecule has 2 rings (SSSR count). The highest BCUT2D eigenvalue weighted by molar-refractivity contribution is 5.75. The fraction of sp³-hybridized carbons (Fsp3) is 0.533. The number of hydrogen-bond donors (Lipinski definition) is 1. The van der Waals surface area contributed by atoms with E-state index in [9.17, 15) is 4.79 Å². The van der Waals surface area contributed by atoms with Gasteiger partial charge in [-0.2, -0.15) is 5.26 Å². The molecule has 1 N–H and O–H groups in total. The lowest BCUT2D eigenvalue weighted by Crippen LogP contribution is -2.39. The van der Waals surface area contributed by atoms with Gasteiger partial charge in [-0.15, -0.1) is 0 Å². The Morgan fingerprint density at radius 2 is 2.20 bits per heavy atom. The van der Waals surface area contributed by atoms with E-state index < -0.39 is 0 Å². The van der Waals surface area contributed by atoms with Gasteiger partial charge >= 0.3 is 0 Å². The molecular formula is C15H19N3O2. The van der Waals surface area contributed by atoms with Gasteiger partial charge in [0.15, 0.2) is 0 Å². The quantitative estimate of drug-likeness (QED) is 0.912. The summed E-state index contributed by atoms with van der Waals surface area (Å²) < 4.78 is 5.80. The van der Waals surface area contributed by atoms with Gasteiger partial charge in [-0.25, -0.2) is 4.98 Å². The zero-order chi connectivity index (χ0) is 14.4. The fourth-order valence-corrected chi connectivity index (χ4v) is 2.34. The van der Waals surface area contributed by atoms with Gasteiger partial charge in [-0.3, -0.25) is 4.79 Å². The van der Waals surface area contributed by atoms with Gasteiger partial charge in [0.2, 0.25) is 11.8 Å². The molecule has 1 amide bonds. The summed E-state index contributed by atoms with van der Waals surface area (Å²) in [5.41, 5.74) is 0.531. The zero-order valence-corrected chi connectivity index (χ0v) is 11.6. The standard InChI is InChI=1S/C15H19N3O2/c1-2-14(19)18-12-4-6-13(7-5-12)20-15-8-3-11(9-16)10-17-15/h3,8,10,12-13H,2,4-7H2,1H3,(H,18,19). The molecule has 0 atom stereocenters. The van der Waals surface area contributed by atoms with E-state index >= 15 is 0 Å². The Hall–Kier alpha value is -2.09. The predicted octanol–water partition coefficient (Wildman–Crippen LogP) is 2.17. The van der Waals surface area contributed by atoms with Gasteiger partial charge in [0.25, 0.3) is 0 Å². The van der Waals surface area contributed by atoms with Crippen LogP contribution in [0.4, 0.5) is 0 Å². The molecule has 1 saturated carbocycles. The fourth-order valence-electron chi connectivity index (χ4n) is 2.34. The maximum atomic E-state index is 11.3. The summed E-state index contributed by atoms with van der Waals surface area (Å²) in [4.78, 5) is 15.4. The van der Waals surface area contributed by atoms with Crippen molar-refractivity contribution in [3.63, 3.8) is 0 Å². The molecule has 5 nitrogen and oxygen atoms in total. The summed E-state index contributed by atoms with van der Waals surface area (Å²) in [7, 11) is 0. The molecule has 0 saturated heterocycles. The van der Waals surface area contributed by atoms with E-state index in [1.807, 2.05) is 13.0 Å². The van der Waals surface area contributed by atoms with E-state index in [4.69, 9.17) is 10.00 Å². The SMILES string of the molecule is CCC(=O)NC1CCC(Oc2ccc(C#N)cn2)CC1. The molecule has 5 heteroatoms. The minimum Gasteiger partial charge on any atom is -0.474 e. The molecule has 1 aromatic heterocycles. The van der Waals surface area contributed by atoms with Crippen molar-refractivity contribution in [1.82, 2.24) is 10.3 Å². The highest BCUT2D eigenvalue weighted by atomic mass is 16.5. The van der Waals surface area contributed by atoms with Gasteiger partial charge in [0.05, 0.1) is 5.56 Å². The molecule has 0 bridgehead atoms. The topological polar surface area (TPSA) is 75.0 Å². The van der Waals surface area contributed by atoms with Crippen molar-refractivity contribution in [1.29, 1.82) is 5.26 Å². The average molecular weight is 273 g/mol. The van der Waals surface area contributed by atoms with Crippen molar-refractivity contribution in [2.75, 3.05) is 0 Å². The van der Waals surface area contributed by atoms with Crippen LogP contribution in [0.1, 0.15) is 44.6 Å². The lowest BCUT2D eigenvalue weighted by Gasteiger charge is -2.29. The molecule has 20 heavy (non-hydrogen) atoms. The Morgan fingerprint density at radius 3 is 2.75 bits per heavy atom. The van der Waals surface area contributed by atoms with Gasteiger partial charge in [-0.05, 0) is 31.7 Å². The third-order valence-corrected chi connectivity index (χ3v) is 3.51. The summed E-state index contributed by atoms with van der Waals surface area (Å²) >= 11 is 0. The minimum absolute atomic E-state index is 0.114. The predicted molar refractivity (Wildman–Crippen MR) is 74.1 cm³/mol. The molecule has 0 aromatic carbocycles. The molecule has 106 valence electrons. The van der Waals surface area contributed by atoms with Crippen molar-refractivity contribution >= 4 is 5.91 Å². The van der Waals surface area contributed by atoms with E-state index in [0.29, 0.717) is 17.9 Å². The van der Waals surface area contributed by atoms with Crippen LogP contribution in [-0.2, 0) is 4.79 Å². The monoisotopic (exact) mass is 273 g/mol. The van der Waals surface area contributed by atoms with E-state index in [-0.39, 0.29) is 18.1 Å². The molecule has 0 aliphatic heterocycles. The number of nitriles is 1. The number of amides is 1. The lowest BCUT2D eigenvalue weighted by molar-refractivity contribution is -0.121. The number of pyridine rings is 1. The molecule has 0 unspecified atom stereocenters. The van der Waals surface area contributed by atoms with Crippen LogP contribution in [-0.4, -0.2) is 23.0 Å². The van der Waals surface area contributed by atoms with Crippen molar-refractivity contribution in [3.05, 3.63) is 23.9 Å². The van der Waals surface area contributed by atoms with E-state index in [1.54, 1.807) is 12.1 Å². The zero-order valence-electron chi connectivity index (χ0n) is 11.6. The van der Waals surface area contributed by atoms with E-state index in [0.717, 1.165) is 25.7 Å². The first kappa shape index (κ1) is 14.3. The van der Waals surface area contributed by atoms with Crippen LogP contribution >= 0.6 is 0 Å². The maximum Gasteiger partial charge on any atom is 0.219 e. The van der Waals surface area contributed by atoms with Gasteiger partial charge in [-0.1, -0.05) is 6.92 Å². The summed E-state index contributed by atoms with van der Waals surface area (Å²) in [6, 6.07) is 5.73. The van der Waals surface area contributed by atoms with Crippen molar-refractivity contribution < 1.29 is 9.53 Å². The van der Waals surface area contributed by atoms with Crippen LogP contribution in [0.5, 0.6) is 5.88 Å². The molecule has 1 aliphatic carbocycles. The number of hydrogen-bond acceptors (Lipinski definition) is 4. The number of ether oxygens (including phenoxy) is 1. The van der Waals surface area contributed by atoms with Gasteiger partial charge < -0.3 is 10.1 Å². The Labute approximate surface area is 119 Å². The number of carbonyl (C=O) groups is 1. The van der Waals surface area contributed by atoms with Crippen LogP contribution in [0.15, 0.2) is 18.3 Å². The number of nitrogens with zero attached hydrogens (tertiary/aromatic N) is 2. The van der Waals surface area contributed by atoms with Crippen LogP contribution in [0.2, 0.25) is 0 Å². The van der Waals surface area contributed by atoms with Crippen LogP contribution < -0.4 is 10.1 Å². The smallest absolute Gasteiger partial charge is 0.219 e. The lowest BCUT2D eigenvalue weighted by atomic mass is 9.93. The largest absolute Gasteiger partial charge is 0.474 e. The first-order chi connectivity index (χ1) is 9.71. The van der Waals surface area contributed by atoms with Gasteiger partial charge in [0, 0.05) is 24.7 Å². The Morgan fingerprint density at radius 1 is 1.45 bits per heavy atom. The average Bonchev–Trinajstić information content (AvgIpc) is 2.50. The summed E-state index contributed by atoms with van der Waals surface area (Å²) in [6.07, 6.45) is 5.89. The minimum atomic E-state index is 0.114. The second-order valence-corrected chi connectivity index (χ2v) is 5.01. The van der Waals surface area contributed by atoms with E-state index in [1.165, 1.54) is 6.20 Å². The Bertz CT molecular complexity index is 485. The summed E-state index contributed by atoms with van der Waals surface area (Å²) in [6.45, 7) is 1.86. The molecular weight excluding hydrogens is 254 g/mol. The molecule has 1 heterocycles. The van der Waals surface area contributed by atoms with Crippen LogP contribution in [0.3, 0.4) is 0 Å². The Balaban J connectivity index is 1.79. The first-order valence-corrected chi connectivity index (χ1v) is 7.03. The second-order valence-electron chi connectivity index (χ2n) is 5.01. The number of aromatic nitrogens is 1. The number of rotatable bonds is 4. The van der Waals surface area contributed by atoms with Crippen LogP contribution in [0, 0.1) is 11.3 Å². The van der Waals surface area contributed by atoms with Gasteiger partial charge in [0.1, 0.15) is 12.2 Å². The third kappa shape index (κ3) is 3.95. The highest BCUT2D eigenvalue weighted by Gasteiger charge is 2.23. The number of nitrogens with one attached hydrogen (secondary N) is 1. The third-order valence-electron chi connectivity index (χ3n) is 3.51. The molecule has 1 aliphatic rings. The van der Waals surface area contributed by atoms with Crippen molar-refractivity contribution in [2.45, 2.75) is 51.2 Å². The molecule has 1 aromatic rings. The maximum absolute atomic E-state index is 11.3. The first-order valence-electron chi connectivity index (χ1n) is 7.03. The molecule has 0 radical (unpaired) electrons. The molecule has 1 fully saturated rings. The molecule has 0 spiro atoms. The normalized spacial score (nSPS) is 21.8. The van der Waals surface area contributed by atoms with Crippen LogP contribution in [0.25, 0.3) is 0 Å².